The van der Waals surface area contributed by atoms with E-state index in [4.69, 9.17) is 27.9 Å². The van der Waals surface area contributed by atoms with E-state index in [1.807, 2.05) is 0 Å². The van der Waals surface area contributed by atoms with Crippen molar-refractivity contribution >= 4 is 29.2 Å². The number of carbonyl (C=O) groups excluding carboxylic acids is 1. The lowest BCUT2D eigenvalue weighted by molar-refractivity contribution is 0.0519. The average molecular weight is 385 g/mol. The third-order valence-corrected chi connectivity index (χ3v) is 4.10. The molecule has 0 unspecified atom stereocenters. The van der Waals surface area contributed by atoms with Crippen LogP contribution in [0.25, 0.3) is 0 Å². The van der Waals surface area contributed by atoms with Crippen molar-refractivity contribution in [2.75, 3.05) is 6.61 Å². The molecule has 2 rings (SSSR count). The minimum Gasteiger partial charge on any atom is -0.505 e. The molecule has 0 saturated heterocycles. The molecule has 1 aromatic heterocycles. The molecule has 0 aliphatic heterocycles. The third kappa shape index (κ3) is 4.14. The van der Waals surface area contributed by atoms with Gasteiger partial charge in [-0.15, -0.1) is 0 Å². The Hall–Kier alpha value is -2.05. The number of rotatable bonds is 5. The van der Waals surface area contributed by atoms with Crippen LogP contribution in [0.15, 0.2) is 23.0 Å². The highest BCUT2D eigenvalue weighted by molar-refractivity contribution is 6.35. The largest absolute Gasteiger partial charge is 0.505 e. The number of aromatic nitrogens is 2. The maximum atomic E-state index is 12.6. The van der Waals surface area contributed by atoms with E-state index in [0.717, 1.165) is 4.68 Å². The number of halogens is 2. The van der Waals surface area contributed by atoms with Gasteiger partial charge in [0.1, 0.15) is 5.69 Å². The SMILES string of the molecule is CCOC(=O)c1c(O)c(C(C)C)nn(Cc2ccc(Cl)cc2Cl)c1=O. The lowest BCUT2D eigenvalue weighted by Gasteiger charge is -2.15. The van der Waals surface area contributed by atoms with Gasteiger partial charge in [-0.3, -0.25) is 4.79 Å². The zero-order valence-electron chi connectivity index (χ0n) is 14.0. The van der Waals surface area contributed by atoms with E-state index < -0.39 is 22.8 Å². The highest BCUT2D eigenvalue weighted by Gasteiger charge is 2.25. The first-order valence-corrected chi connectivity index (χ1v) is 8.46. The Morgan fingerprint density at radius 3 is 2.60 bits per heavy atom. The summed E-state index contributed by atoms with van der Waals surface area (Å²) in [5, 5.41) is 15.3. The van der Waals surface area contributed by atoms with Gasteiger partial charge < -0.3 is 9.84 Å². The molecule has 1 aromatic carbocycles. The van der Waals surface area contributed by atoms with Crippen molar-refractivity contribution in [1.82, 2.24) is 9.78 Å². The Balaban J connectivity index is 2.61. The fourth-order valence-corrected chi connectivity index (χ4v) is 2.74. The topological polar surface area (TPSA) is 81.4 Å². The normalized spacial score (nSPS) is 11.0. The molecule has 0 spiro atoms. The van der Waals surface area contributed by atoms with Crippen LogP contribution < -0.4 is 5.56 Å². The maximum absolute atomic E-state index is 12.6. The Bertz CT molecular complexity index is 862. The van der Waals surface area contributed by atoms with Gasteiger partial charge >= 0.3 is 5.97 Å². The van der Waals surface area contributed by atoms with Crippen LogP contribution in [0.5, 0.6) is 5.75 Å². The van der Waals surface area contributed by atoms with Crippen LogP contribution in [0.2, 0.25) is 10.0 Å². The van der Waals surface area contributed by atoms with Crippen LogP contribution >= 0.6 is 23.2 Å². The first-order chi connectivity index (χ1) is 11.8. The number of ether oxygens (including phenoxy) is 1. The molecule has 1 heterocycles. The Morgan fingerprint density at radius 1 is 1.36 bits per heavy atom. The molecule has 0 atom stereocenters. The second kappa shape index (κ2) is 7.89. The smallest absolute Gasteiger partial charge is 0.347 e. The van der Waals surface area contributed by atoms with Crippen LogP contribution in [0.4, 0.5) is 0 Å². The summed E-state index contributed by atoms with van der Waals surface area (Å²) in [6.45, 7) is 5.31. The molecule has 25 heavy (non-hydrogen) atoms. The molecule has 1 N–H and O–H groups in total. The van der Waals surface area contributed by atoms with Gasteiger partial charge in [0.05, 0.1) is 13.2 Å². The zero-order chi connectivity index (χ0) is 18.7. The van der Waals surface area contributed by atoms with Crippen LogP contribution in [-0.2, 0) is 11.3 Å². The number of hydrogen-bond acceptors (Lipinski definition) is 5. The first-order valence-electron chi connectivity index (χ1n) is 7.71. The van der Waals surface area contributed by atoms with Crippen molar-refractivity contribution in [3.05, 3.63) is 55.4 Å². The maximum Gasteiger partial charge on any atom is 0.347 e. The summed E-state index contributed by atoms with van der Waals surface area (Å²) in [5.41, 5.74) is -0.333. The van der Waals surface area contributed by atoms with Crippen LogP contribution in [0.3, 0.4) is 0 Å². The molecule has 0 aliphatic rings. The number of aromatic hydroxyl groups is 1. The molecular weight excluding hydrogens is 367 g/mol. The second-order valence-electron chi connectivity index (χ2n) is 5.68. The predicted molar refractivity (Wildman–Crippen MR) is 95.8 cm³/mol. The monoisotopic (exact) mass is 384 g/mol. The van der Waals surface area contributed by atoms with Gasteiger partial charge in [0.25, 0.3) is 5.56 Å². The van der Waals surface area contributed by atoms with Crippen LogP contribution in [0, 0.1) is 0 Å². The summed E-state index contributed by atoms with van der Waals surface area (Å²) in [4.78, 5) is 24.7. The summed E-state index contributed by atoms with van der Waals surface area (Å²) in [6, 6.07) is 4.87. The van der Waals surface area contributed by atoms with Crippen LogP contribution in [0.1, 0.15) is 48.3 Å². The molecule has 0 aliphatic carbocycles. The van der Waals surface area contributed by atoms with E-state index in [0.29, 0.717) is 15.6 Å². The number of esters is 1. The summed E-state index contributed by atoms with van der Waals surface area (Å²) in [5.74, 6) is -1.54. The quantitative estimate of drug-likeness (QED) is 0.796. The second-order valence-corrected chi connectivity index (χ2v) is 6.53. The summed E-state index contributed by atoms with van der Waals surface area (Å²) < 4.78 is 5.98. The average Bonchev–Trinajstić information content (AvgIpc) is 2.52. The fourth-order valence-electron chi connectivity index (χ4n) is 2.28. The van der Waals surface area contributed by atoms with Crippen molar-refractivity contribution < 1.29 is 14.6 Å². The first kappa shape index (κ1) is 19.3. The lowest BCUT2D eigenvalue weighted by atomic mass is 10.1. The van der Waals surface area contributed by atoms with Crippen molar-refractivity contribution in [2.24, 2.45) is 0 Å². The van der Waals surface area contributed by atoms with Gasteiger partial charge in [-0.05, 0) is 24.6 Å². The zero-order valence-corrected chi connectivity index (χ0v) is 15.6. The van der Waals surface area contributed by atoms with Crippen molar-refractivity contribution in [2.45, 2.75) is 33.2 Å². The van der Waals surface area contributed by atoms with E-state index in [1.165, 1.54) is 0 Å². The van der Waals surface area contributed by atoms with E-state index in [2.05, 4.69) is 5.10 Å². The van der Waals surface area contributed by atoms with Crippen LogP contribution in [-0.4, -0.2) is 27.5 Å². The summed E-state index contributed by atoms with van der Waals surface area (Å²) >= 11 is 12.0. The molecule has 6 nitrogen and oxygen atoms in total. The lowest BCUT2D eigenvalue weighted by Crippen LogP contribution is -2.31. The molecular formula is C17H18Cl2N2O4. The molecule has 0 fully saturated rings. The third-order valence-electron chi connectivity index (χ3n) is 3.52. The number of nitrogens with zero attached hydrogens (tertiary/aromatic N) is 2. The van der Waals surface area contributed by atoms with Gasteiger partial charge in [0.15, 0.2) is 11.3 Å². The van der Waals surface area contributed by atoms with Crippen molar-refractivity contribution in [3.8, 4) is 5.75 Å². The number of hydrogen-bond donors (Lipinski definition) is 1. The van der Waals surface area contributed by atoms with Crippen molar-refractivity contribution in [1.29, 1.82) is 0 Å². The molecule has 0 saturated carbocycles. The summed E-state index contributed by atoms with van der Waals surface area (Å²) in [7, 11) is 0. The van der Waals surface area contributed by atoms with Gasteiger partial charge in [-0.25, -0.2) is 9.48 Å². The molecule has 8 heteroatoms. The predicted octanol–water partition coefficient (Wildman–Crippen LogP) is 3.60. The Labute approximate surface area is 154 Å². The minimum absolute atomic E-state index is 0.0290. The highest BCUT2D eigenvalue weighted by atomic mass is 35.5. The van der Waals surface area contributed by atoms with E-state index in [1.54, 1.807) is 39.0 Å². The van der Waals surface area contributed by atoms with E-state index >= 15 is 0 Å². The molecule has 0 radical (unpaired) electrons. The molecule has 134 valence electrons. The van der Waals surface area contributed by atoms with Gasteiger partial charge in [-0.1, -0.05) is 43.1 Å². The minimum atomic E-state index is -0.884. The van der Waals surface area contributed by atoms with Gasteiger partial charge in [-0.2, -0.15) is 5.10 Å². The number of benzene rings is 1. The van der Waals surface area contributed by atoms with E-state index in [9.17, 15) is 14.7 Å². The molecule has 2 aromatic rings. The Kier molecular flexibility index (Phi) is 6.08. The van der Waals surface area contributed by atoms with Gasteiger partial charge in [0.2, 0.25) is 0 Å². The number of carbonyl (C=O) groups is 1. The Morgan fingerprint density at radius 2 is 2.04 bits per heavy atom. The summed E-state index contributed by atoms with van der Waals surface area (Å²) in [6.07, 6.45) is 0. The standard InChI is InChI=1S/C17H18Cl2N2O4/c1-4-25-17(24)13-15(22)14(9(2)3)20-21(16(13)23)8-10-5-6-11(18)7-12(10)19/h5-7,9,22H,4,8H2,1-3H3. The van der Waals surface area contributed by atoms with Gasteiger partial charge in [0, 0.05) is 16.0 Å². The van der Waals surface area contributed by atoms with E-state index in [-0.39, 0.29) is 24.8 Å². The van der Waals surface area contributed by atoms with Crippen molar-refractivity contribution in [3.63, 3.8) is 0 Å². The molecule has 0 amide bonds. The fraction of sp³-hybridized carbons (Fsp3) is 0.353. The highest BCUT2D eigenvalue weighted by Crippen LogP contribution is 2.26. The molecule has 0 bridgehead atoms.